The van der Waals surface area contributed by atoms with Gasteiger partial charge in [-0.15, -0.1) is 0 Å². The molecule has 0 aliphatic heterocycles. The predicted octanol–water partition coefficient (Wildman–Crippen LogP) is 6.52. The first-order valence-electron chi connectivity index (χ1n) is 15.7. The van der Waals surface area contributed by atoms with Crippen molar-refractivity contribution in [2.75, 3.05) is 26.4 Å². The van der Waals surface area contributed by atoms with Crippen molar-refractivity contribution in [2.45, 2.75) is 87.9 Å². The SMILES string of the molecule is OCCOc1cccc2cc(C34CC5CC(CC(C5)C3)C4)c(C34CC5CC(CC(C5)C3)C4)c(OCCO)c12. The highest BCUT2D eigenvalue weighted by Crippen LogP contribution is 2.67. The molecular weight excluding hydrogens is 472 g/mol. The van der Waals surface area contributed by atoms with Gasteiger partial charge in [0.1, 0.15) is 24.7 Å². The second-order valence-electron chi connectivity index (χ2n) is 14.5. The number of hydrogen-bond acceptors (Lipinski definition) is 4. The van der Waals surface area contributed by atoms with E-state index in [4.69, 9.17) is 9.47 Å². The second kappa shape index (κ2) is 8.86. The van der Waals surface area contributed by atoms with E-state index in [1.807, 2.05) is 6.07 Å². The molecule has 38 heavy (non-hydrogen) atoms. The minimum absolute atomic E-state index is 0.00356. The summed E-state index contributed by atoms with van der Waals surface area (Å²) in [6.07, 6.45) is 16.6. The van der Waals surface area contributed by atoms with Crippen molar-refractivity contribution in [2.24, 2.45) is 35.5 Å². The van der Waals surface area contributed by atoms with Crippen LogP contribution < -0.4 is 9.47 Å². The molecule has 4 nitrogen and oxygen atoms in total. The maximum atomic E-state index is 9.95. The van der Waals surface area contributed by atoms with Crippen LogP contribution in [0.25, 0.3) is 10.8 Å². The molecule has 0 unspecified atom stereocenters. The minimum Gasteiger partial charge on any atom is -0.490 e. The van der Waals surface area contributed by atoms with Crippen LogP contribution in [0.5, 0.6) is 11.5 Å². The average molecular weight is 517 g/mol. The van der Waals surface area contributed by atoms with Crippen LogP contribution in [0.4, 0.5) is 0 Å². The number of aliphatic hydroxyl groups is 2. The Morgan fingerprint density at radius 2 is 1.16 bits per heavy atom. The molecule has 8 aliphatic rings. The fourth-order valence-electron chi connectivity index (χ4n) is 11.8. The molecule has 4 heteroatoms. The van der Waals surface area contributed by atoms with Gasteiger partial charge in [-0.05, 0) is 141 Å². The zero-order valence-electron chi connectivity index (χ0n) is 22.8. The maximum absolute atomic E-state index is 9.95. The zero-order chi connectivity index (χ0) is 25.5. The van der Waals surface area contributed by atoms with Crippen molar-refractivity contribution in [1.82, 2.24) is 0 Å². The highest BCUT2D eigenvalue weighted by molar-refractivity contribution is 5.96. The van der Waals surface area contributed by atoms with Crippen molar-refractivity contribution in [1.29, 1.82) is 0 Å². The van der Waals surface area contributed by atoms with Gasteiger partial charge in [0.2, 0.25) is 0 Å². The Morgan fingerprint density at radius 1 is 0.658 bits per heavy atom. The highest BCUT2D eigenvalue weighted by Gasteiger charge is 2.57. The van der Waals surface area contributed by atoms with E-state index in [9.17, 15) is 10.2 Å². The van der Waals surface area contributed by atoms with Crippen molar-refractivity contribution < 1.29 is 19.7 Å². The van der Waals surface area contributed by atoms with E-state index in [-0.39, 0.29) is 30.7 Å². The van der Waals surface area contributed by atoms with Crippen LogP contribution in [0.15, 0.2) is 24.3 Å². The first-order valence-corrected chi connectivity index (χ1v) is 15.7. The molecule has 0 heterocycles. The van der Waals surface area contributed by atoms with Crippen LogP contribution in [0.2, 0.25) is 0 Å². The molecule has 0 atom stereocenters. The Morgan fingerprint density at radius 3 is 1.68 bits per heavy atom. The van der Waals surface area contributed by atoms with Crippen molar-refractivity contribution in [3.05, 3.63) is 35.4 Å². The van der Waals surface area contributed by atoms with Gasteiger partial charge < -0.3 is 19.7 Å². The Hall–Kier alpha value is -1.78. The van der Waals surface area contributed by atoms with Crippen LogP contribution in [-0.2, 0) is 10.8 Å². The van der Waals surface area contributed by atoms with E-state index < -0.39 is 0 Å². The van der Waals surface area contributed by atoms with Gasteiger partial charge in [-0.25, -0.2) is 0 Å². The largest absolute Gasteiger partial charge is 0.490 e. The fraction of sp³-hybridized carbons (Fsp3) is 0.706. The van der Waals surface area contributed by atoms with Crippen LogP contribution in [0.3, 0.4) is 0 Å². The third-order valence-corrected chi connectivity index (χ3v) is 11.9. The lowest BCUT2D eigenvalue weighted by molar-refractivity contribution is -0.0183. The van der Waals surface area contributed by atoms with Gasteiger partial charge in [0.25, 0.3) is 0 Å². The van der Waals surface area contributed by atoms with E-state index in [0.29, 0.717) is 6.61 Å². The van der Waals surface area contributed by atoms with Gasteiger partial charge in [0.05, 0.1) is 18.6 Å². The zero-order valence-corrected chi connectivity index (χ0v) is 22.8. The van der Waals surface area contributed by atoms with Gasteiger partial charge in [0.15, 0.2) is 0 Å². The predicted molar refractivity (Wildman–Crippen MR) is 149 cm³/mol. The summed E-state index contributed by atoms with van der Waals surface area (Å²) in [4.78, 5) is 0. The smallest absolute Gasteiger partial charge is 0.135 e. The maximum Gasteiger partial charge on any atom is 0.135 e. The Balaban J connectivity index is 1.40. The van der Waals surface area contributed by atoms with E-state index >= 15 is 0 Å². The summed E-state index contributed by atoms with van der Waals surface area (Å²) in [6.45, 7) is 0.606. The minimum atomic E-state index is -0.00356. The quantitative estimate of drug-likeness (QED) is 0.420. The molecule has 8 saturated carbocycles. The molecule has 10 rings (SSSR count). The molecule has 8 bridgehead atoms. The van der Waals surface area contributed by atoms with Gasteiger partial charge in [-0.2, -0.15) is 0 Å². The molecular formula is C34H44O4. The molecule has 0 amide bonds. The van der Waals surface area contributed by atoms with Crippen LogP contribution in [0.1, 0.15) is 88.2 Å². The van der Waals surface area contributed by atoms with Crippen LogP contribution in [0, 0.1) is 35.5 Å². The molecule has 0 radical (unpaired) electrons. The molecule has 2 aromatic carbocycles. The highest BCUT2D eigenvalue weighted by atomic mass is 16.5. The molecule has 2 aromatic rings. The van der Waals surface area contributed by atoms with Gasteiger partial charge in [-0.3, -0.25) is 0 Å². The molecule has 0 aromatic heterocycles. The lowest BCUT2D eigenvalue weighted by Crippen LogP contribution is -2.52. The number of hydrogen-bond donors (Lipinski definition) is 2. The molecule has 0 spiro atoms. The van der Waals surface area contributed by atoms with Crippen LogP contribution >= 0.6 is 0 Å². The van der Waals surface area contributed by atoms with E-state index in [2.05, 4.69) is 18.2 Å². The second-order valence-corrected chi connectivity index (χ2v) is 14.5. The molecule has 204 valence electrons. The first-order chi connectivity index (χ1) is 18.6. The summed E-state index contributed by atoms with van der Waals surface area (Å²) < 4.78 is 12.9. The number of aliphatic hydroxyl groups excluding tert-OH is 2. The fourth-order valence-corrected chi connectivity index (χ4v) is 11.8. The van der Waals surface area contributed by atoms with Crippen LogP contribution in [-0.4, -0.2) is 36.6 Å². The van der Waals surface area contributed by atoms with Crippen molar-refractivity contribution in [3.63, 3.8) is 0 Å². The number of ether oxygens (including phenoxy) is 2. The summed E-state index contributed by atoms with van der Waals surface area (Å²) in [5.74, 6) is 7.06. The number of fused-ring (bicyclic) bond motifs is 1. The van der Waals surface area contributed by atoms with E-state index in [1.165, 1.54) is 88.0 Å². The molecule has 0 saturated heterocycles. The summed E-state index contributed by atoms with van der Waals surface area (Å²) in [5.41, 5.74) is 3.62. The third-order valence-electron chi connectivity index (χ3n) is 11.9. The Labute approximate surface area is 227 Å². The third kappa shape index (κ3) is 3.61. The van der Waals surface area contributed by atoms with Gasteiger partial charge in [0, 0.05) is 11.0 Å². The standard InChI is InChI=1S/C34H44O4/c35-4-6-37-29-3-1-2-27-14-28(33-15-21-8-22(16-33)10-23(9-21)17-33)31(32(30(27)29)38-7-5-36)34-18-24-11-25(19-34)13-26(12-24)20-34/h1-3,14,21-26,35-36H,4-13,15-20H2. The summed E-state index contributed by atoms with van der Waals surface area (Å²) in [6, 6.07) is 8.95. The number of benzene rings is 2. The van der Waals surface area contributed by atoms with Crippen molar-refractivity contribution >= 4 is 10.8 Å². The summed E-state index contributed by atoms with van der Waals surface area (Å²) >= 11 is 0. The molecule has 2 N–H and O–H groups in total. The average Bonchev–Trinajstić information content (AvgIpc) is 2.88. The van der Waals surface area contributed by atoms with Gasteiger partial charge >= 0.3 is 0 Å². The van der Waals surface area contributed by atoms with E-state index in [0.717, 1.165) is 52.4 Å². The topological polar surface area (TPSA) is 58.9 Å². The summed E-state index contributed by atoms with van der Waals surface area (Å²) in [5, 5.41) is 21.8. The van der Waals surface area contributed by atoms with Gasteiger partial charge in [-0.1, -0.05) is 12.1 Å². The first kappa shape index (κ1) is 24.1. The Kier molecular flexibility index (Phi) is 5.61. The molecule has 8 aliphatic carbocycles. The van der Waals surface area contributed by atoms with E-state index in [1.54, 1.807) is 5.56 Å². The summed E-state index contributed by atoms with van der Waals surface area (Å²) in [7, 11) is 0. The lowest BCUT2D eigenvalue weighted by atomic mass is 9.44. The monoisotopic (exact) mass is 516 g/mol. The number of rotatable bonds is 8. The normalized spacial score (nSPS) is 40.3. The van der Waals surface area contributed by atoms with Crippen molar-refractivity contribution in [3.8, 4) is 11.5 Å². The lowest BCUT2D eigenvalue weighted by Gasteiger charge is -2.61. The Bertz CT molecular complexity index is 1160. The molecule has 8 fully saturated rings.